The van der Waals surface area contributed by atoms with Crippen LogP contribution in [-0.2, 0) is 22.2 Å². The van der Waals surface area contributed by atoms with E-state index in [9.17, 15) is 22.3 Å². The molecule has 306 valence electrons. The van der Waals surface area contributed by atoms with Crippen molar-refractivity contribution in [2.45, 2.75) is 9.79 Å². The normalized spacial score (nSPS) is 12.5. The van der Waals surface area contributed by atoms with Gasteiger partial charge in [0.25, 0.3) is 0 Å². The minimum absolute atomic E-state index is 0.191. The Morgan fingerprint density at radius 3 is 1.42 bits per heavy atom. The van der Waals surface area contributed by atoms with Crippen molar-refractivity contribution in [2.75, 3.05) is 21.5 Å². The third kappa shape index (κ3) is 10.1. The maximum atomic E-state index is 12.9. The first-order valence-electron chi connectivity index (χ1n) is 18.8. The fourth-order valence-corrected chi connectivity index (χ4v) is 6.97. The summed E-state index contributed by atoms with van der Waals surface area (Å²) in [5.74, 6) is 0. The molecule has 0 aliphatic rings. The topological polar surface area (TPSA) is 214 Å². The molecule has 2 amide bonds. The Kier molecular flexibility index (Phi) is 12.6. The van der Waals surface area contributed by atoms with Crippen LogP contribution >= 0.6 is 0 Å². The van der Waals surface area contributed by atoms with Crippen LogP contribution in [0, 0.1) is 0 Å². The van der Waals surface area contributed by atoms with Crippen molar-refractivity contribution in [3.63, 3.8) is 0 Å². The smallest absolute Gasteiger partial charge is 0.308 e. The zero-order valence-corrected chi connectivity index (χ0v) is 33.9. The molecule has 2 unspecified atom stereocenters. The zero-order valence-electron chi connectivity index (χ0n) is 32.3. The lowest BCUT2D eigenvalue weighted by molar-refractivity contribution is 0.262. The van der Waals surface area contributed by atoms with Crippen LogP contribution in [0.3, 0.4) is 0 Å². The Bertz CT molecular complexity index is 3040. The molecule has 0 saturated heterocycles. The van der Waals surface area contributed by atoms with Crippen LogP contribution < -0.4 is 21.5 Å². The van der Waals surface area contributed by atoms with Gasteiger partial charge in [0.15, 0.2) is 22.2 Å². The lowest BCUT2D eigenvalue weighted by Gasteiger charge is -2.14. The number of rotatable bonds is 13. The van der Waals surface area contributed by atoms with E-state index in [0.29, 0.717) is 56.3 Å². The molecule has 0 heterocycles. The summed E-state index contributed by atoms with van der Waals surface area (Å²) in [6.45, 7) is 0. The van der Waals surface area contributed by atoms with Gasteiger partial charge in [-0.1, -0.05) is 48.5 Å². The molecule has 17 heteroatoms. The van der Waals surface area contributed by atoms with Gasteiger partial charge in [-0.15, -0.1) is 15.3 Å². The fourth-order valence-electron chi connectivity index (χ4n) is 6.20. The largest absolute Gasteiger partial charge is 0.323 e. The standard InChI is InChI=1S/C45H34N10O5S2/c56-45(46-29-10-14-32(15-11-29)49-53-42-25-24-41(37-8-4-5-9-38(37)42)52-48-31-6-2-1-3-7-31)47-30-12-16-33(17-13-30)50-54-43-26-27-44(40-28-36(62(59)60)22-23-39(40)43)55-51-34-18-20-35(21-19-34)61(57)58/h1-28,50,54H,(H,57,58)(H,59,60)(H2,46,47,56). The van der Waals surface area contributed by atoms with E-state index in [1.807, 2.05) is 66.7 Å². The number of azo groups is 3. The summed E-state index contributed by atoms with van der Waals surface area (Å²) in [5, 5.41) is 35.0. The highest BCUT2D eigenvalue weighted by atomic mass is 32.2. The summed E-state index contributed by atoms with van der Waals surface area (Å²) in [6.07, 6.45) is 0. The number of hydrazine groups is 1. The van der Waals surface area contributed by atoms with Gasteiger partial charge in [0.05, 0.1) is 55.3 Å². The van der Waals surface area contributed by atoms with Crippen molar-refractivity contribution in [1.29, 1.82) is 0 Å². The van der Waals surface area contributed by atoms with Gasteiger partial charge < -0.3 is 30.6 Å². The second kappa shape index (κ2) is 19.0. The number of fused-ring (bicyclic) bond motifs is 2. The van der Waals surface area contributed by atoms with Crippen LogP contribution in [0.15, 0.2) is 210 Å². The van der Waals surface area contributed by atoms with Crippen LogP contribution in [0.1, 0.15) is 0 Å². The molecule has 0 radical (unpaired) electrons. The van der Waals surface area contributed by atoms with Crippen molar-refractivity contribution in [1.82, 2.24) is 0 Å². The predicted octanol–water partition coefficient (Wildman–Crippen LogP) is 13.5. The Labute approximate surface area is 359 Å². The number of nitrogens with one attached hydrogen (secondary N) is 4. The molecule has 0 fully saturated rings. The number of hydrogen-bond acceptors (Lipinski definition) is 11. The lowest BCUT2D eigenvalue weighted by Crippen LogP contribution is -2.19. The second-order valence-electron chi connectivity index (χ2n) is 13.4. The number of benzene rings is 8. The van der Waals surface area contributed by atoms with Gasteiger partial charge in [0, 0.05) is 32.9 Å². The van der Waals surface area contributed by atoms with Crippen LogP contribution in [0.25, 0.3) is 21.5 Å². The molecular formula is C45H34N10O5S2. The third-order valence-electron chi connectivity index (χ3n) is 9.27. The summed E-state index contributed by atoms with van der Waals surface area (Å²) in [5.41, 5.74) is 12.5. The highest BCUT2D eigenvalue weighted by molar-refractivity contribution is 7.79. The fraction of sp³-hybridized carbons (Fsp3) is 0. The number of carbonyl (C=O) groups is 1. The van der Waals surface area contributed by atoms with Crippen molar-refractivity contribution in [3.8, 4) is 0 Å². The van der Waals surface area contributed by atoms with Crippen molar-refractivity contribution in [3.05, 3.63) is 170 Å². The maximum Gasteiger partial charge on any atom is 0.323 e. The van der Waals surface area contributed by atoms with Crippen molar-refractivity contribution >= 4 is 107 Å². The molecular weight excluding hydrogens is 825 g/mol. The minimum atomic E-state index is -2.22. The van der Waals surface area contributed by atoms with Crippen LogP contribution in [0.5, 0.6) is 0 Å². The molecule has 0 saturated carbocycles. The van der Waals surface area contributed by atoms with E-state index in [1.165, 1.54) is 12.1 Å². The Hall–Kier alpha value is -7.83. The first-order valence-corrected chi connectivity index (χ1v) is 21.0. The van der Waals surface area contributed by atoms with Gasteiger partial charge in [-0.3, -0.25) is 0 Å². The molecule has 6 N–H and O–H groups in total. The summed E-state index contributed by atoms with van der Waals surface area (Å²) >= 11 is -4.33. The van der Waals surface area contributed by atoms with E-state index < -0.39 is 28.2 Å². The van der Waals surface area contributed by atoms with E-state index in [0.717, 1.165) is 22.1 Å². The predicted molar refractivity (Wildman–Crippen MR) is 244 cm³/mol. The van der Waals surface area contributed by atoms with Crippen molar-refractivity contribution < 1.29 is 22.3 Å². The average molecular weight is 859 g/mol. The molecule has 0 aromatic heterocycles. The molecule has 62 heavy (non-hydrogen) atoms. The molecule has 0 spiro atoms. The Morgan fingerprint density at radius 2 is 0.855 bits per heavy atom. The molecule has 2 atom stereocenters. The van der Waals surface area contributed by atoms with Crippen LogP contribution in [-0.4, -0.2) is 23.6 Å². The first kappa shape index (κ1) is 40.9. The number of nitrogens with zero attached hydrogens (tertiary/aromatic N) is 6. The van der Waals surface area contributed by atoms with Gasteiger partial charge >= 0.3 is 6.03 Å². The molecule has 8 aromatic rings. The number of hydrogen-bond donors (Lipinski definition) is 6. The molecule has 8 aromatic carbocycles. The maximum absolute atomic E-state index is 12.9. The summed E-state index contributed by atoms with van der Waals surface area (Å²) < 4.78 is 42.2. The number of carbonyl (C=O) groups excluding carboxylic acids is 1. The van der Waals surface area contributed by atoms with Crippen LogP contribution in [0.4, 0.5) is 61.7 Å². The quantitative estimate of drug-likeness (QED) is 0.0374. The Morgan fingerprint density at radius 1 is 0.403 bits per heavy atom. The second-order valence-corrected chi connectivity index (χ2v) is 15.3. The van der Waals surface area contributed by atoms with E-state index in [4.69, 9.17) is 0 Å². The first-order chi connectivity index (χ1) is 30.3. The molecule has 8 rings (SSSR count). The van der Waals surface area contributed by atoms with Gasteiger partial charge in [-0.05, 0) is 121 Å². The van der Waals surface area contributed by atoms with Gasteiger partial charge in [-0.25, -0.2) is 13.2 Å². The third-order valence-corrected chi connectivity index (χ3v) is 10.6. The average Bonchev–Trinajstić information content (AvgIpc) is 3.30. The monoisotopic (exact) mass is 858 g/mol. The SMILES string of the molecule is O=C(Nc1ccc(N=Nc2ccc(N=Nc3ccccc3)c3ccccc23)cc1)Nc1ccc(NNc2ccc(N=Nc3ccc(S(=O)O)cc3)c3cc(S(=O)O)ccc23)cc1. The molecule has 0 aliphatic heterocycles. The lowest BCUT2D eigenvalue weighted by atomic mass is 10.1. The zero-order chi connectivity index (χ0) is 42.8. The van der Waals surface area contributed by atoms with Gasteiger partial charge in [-0.2, -0.15) is 15.3 Å². The molecule has 15 nitrogen and oxygen atoms in total. The number of anilines is 4. The van der Waals surface area contributed by atoms with Crippen LogP contribution in [0.2, 0.25) is 0 Å². The molecule has 0 bridgehead atoms. The molecule has 0 aliphatic carbocycles. The number of amides is 2. The Balaban J connectivity index is 0.871. The van der Waals surface area contributed by atoms with E-state index in [-0.39, 0.29) is 9.79 Å². The highest BCUT2D eigenvalue weighted by Crippen LogP contribution is 2.36. The highest BCUT2D eigenvalue weighted by Gasteiger charge is 2.11. The van der Waals surface area contributed by atoms with E-state index in [1.54, 1.807) is 91.0 Å². The van der Waals surface area contributed by atoms with E-state index in [2.05, 4.69) is 52.2 Å². The van der Waals surface area contributed by atoms with Gasteiger partial charge in [0.1, 0.15) is 0 Å². The minimum Gasteiger partial charge on any atom is -0.308 e. The summed E-state index contributed by atoms with van der Waals surface area (Å²) in [4.78, 5) is 13.3. The van der Waals surface area contributed by atoms with Crippen molar-refractivity contribution in [2.24, 2.45) is 30.7 Å². The van der Waals surface area contributed by atoms with Gasteiger partial charge in [0.2, 0.25) is 0 Å². The number of urea groups is 1. The summed E-state index contributed by atoms with van der Waals surface area (Å²) in [7, 11) is 0. The summed E-state index contributed by atoms with van der Waals surface area (Å²) in [6, 6.07) is 49.1. The van der Waals surface area contributed by atoms with E-state index >= 15 is 0 Å².